The molecule has 2 aromatic rings. The van der Waals surface area contributed by atoms with Gasteiger partial charge in [0.25, 0.3) is 5.91 Å². The van der Waals surface area contributed by atoms with Gasteiger partial charge in [-0.05, 0) is 12.8 Å². The first-order valence-electron chi connectivity index (χ1n) is 6.11. The first-order chi connectivity index (χ1) is 9.33. The standard InChI is InChI=1S/C11H14N6O2/c18-11(10-12-7-13-16-10)15-8-5-14-17(6-8)9-1-3-19-4-2-9/h5-7,9H,1-4H2,(H,15,18)(H,12,13,16). The van der Waals surface area contributed by atoms with Gasteiger partial charge in [0.2, 0.25) is 5.82 Å². The molecule has 1 aliphatic rings. The second kappa shape index (κ2) is 5.19. The van der Waals surface area contributed by atoms with Crippen molar-refractivity contribution < 1.29 is 9.53 Å². The zero-order valence-electron chi connectivity index (χ0n) is 10.2. The molecule has 100 valence electrons. The Balaban J connectivity index is 1.66. The smallest absolute Gasteiger partial charge is 0.293 e. The molecule has 0 spiro atoms. The van der Waals surface area contributed by atoms with Gasteiger partial charge in [0, 0.05) is 19.4 Å². The average molecular weight is 262 g/mol. The van der Waals surface area contributed by atoms with Crippen LogP contribution in [-0.4, -0.2) is 44.1 Å². The lowest BCUT2D eigenvalue weighted by Gasteiger charge is -2.22. The van der Waals surface area contributed by atoms with Crippen molar-refractivity contribution in [2.75, 3.05) is 18.5 Å². The molecule has 0 aliphatic carbocycles. The minimum atomic E-state index is -0.330. The fraction of sp³-hybridized carbons (Fsp3) is 0.455. The summed E-state index contributed by atoms with van der Waals surface area (Å²) in [4.78, 5) is 15.5. The van der Waals surface area contributed by atoms with E-state index in [1.165, 1.54) is 6.33 Å². The van der Waals surface area contributed by atoms with Gasteiger partial charge in [-0.2, -0.15) is 10.2 Å². The number of anilines is 1. The number of ether oxygens (including phenoxy) is 1. The quantitative estimate of drug-likeness (QED) is 0.844. The lowest BCUT2D eigenvalue weighted by molar-refractivity contribution is 0.0662. The van der Waals surface area contributed by atoms with Crippen LogP contribution in [0, 0.1) is 0 Å². The van der Waals surface area contributed by atoms with Gasteiger partial charge in [0.15, 0.2) is 0 Å². The summed E-state index contributed by atoms with van der Waals surface area (Å²) >= 11 is 0. The van der Waals surface area contributed by atoms with Crippen molar-refractivity contribution in [2.24, 2.45) is 0 Å². The second-order valence-electron chi connectivity index (χ2n) is 4.34. The van der Waals surface area contributed by atoms with E-state index in [2.05, 4.69) is 25.6 Å². The van der Waals surface area contributed by atoms with Crippen LogP contribution in [0.3, 0.4) is 0 Å². The highest BCUT2D eigenvalue weighted by atomic mass is 16.5. The van der Waals surface area contributed by atoms with E-state index in [-0.39, 0.29) is 11.7 Å². The Morgan fingerprint density at radius 3 is 3.05 bits per heavy atom. The van der Waals surface area contributed by atoms with Gasteiger partial charge >= 0.3 is 0 Å². The molecule has 2 N–H and O–H groups in total. The molecule has 2 aromatic heterocycles. The molecular formula is C11H14N6O2. The predicted octanol–water partition coefficient (Wildman–Crippen LogP) is 0.605. The zero-order chi connectivity index (χ0) is 13.1. The van der Waals surface area contributed by atoms with Crippen molar-refractivity contribution in [3.05, 3.63) is 24.5 Å². The molecule has 1 fully saturated rings. The molecule has 0 radical (unpaired) electrons. The molecule has 0 unspecified atom stereocenters. The summed E-state index contributed by atoms with van der Waals surface area (Å²) in [6.07, 6.45) is 6.63. The molecule has 8 nitrogen and oxygen atoms in total. The molecule has 1 aliphatic heterocycles. The summed E-state index contributed by atoms with van der Waals surface area (Å²) in [5, 5.41) is 13.1. The summed E-state index contributed by atoms with van der Waals surface area (Å²) in [5.74, 6) is -0.150. The summed E-state index contributed by atoms with van der Waals surface area (Å²) in [5.41, 5.74) is 0.646. The lowest BCUT2D eigenvalue weighted by Crippen LogP contribution is -2.19. The number of aromatic nitrogens is 5. The van der Waals surface area contributed by atoms with Crippen LogP contribution in [0.4, 0.5) is 5.69 Å². The Morgan fingerprint density at radius 2 is 2.32 bits per heavy atom. The van der Waals surface area contributed by atoms with Gasteiger partial charge in [-0.15, -0.1) is 0 Å². The minimum absolute atomic E-state index is 0.179. The normalized spacial score (nSPS) is 16.4. The maximum absolute atomic E-state index is 11.8. The van der Waals surface area contributed by atoms with Crippen LogP contribution in [0.25, 0.3) is 0 Å². The van der Waals surface area contributed by atoms with Crippen molar-refractivity contribution in [2.45, 2.75) is 18.9 Å². The molecule has 1 amide bonds. The van der Waals surface area contributed by atoms with E-state index in [0.717, 1.165) is 26.1 Å². The SMILES string of the molecule is O=C(Nc1cnn(C2CCOCC2)c1)c1ncn[nH]1. The van der Waals surface area contributed by atoms with Crippen molar-refractivity contribution in [3.63, 3.8) is 0 Å². The van der Waals surface area contributed by atoms with Crippen LogP contribution in [-0.2, 0) is 4.74 Å². The largest absolute Gasteiger partial charge is 0.381 e. The van der Waals surface area contributed by atoms with E-state index in [1.54, 1.807) is 6.20 Å². The molecule has 0 saturated carbocycles. The number of nitrogens with zero attached hydrogens (tertiary/aromatic N) is 4. The predicted molar refractivity (Wildman–Crippen MR) is 65.7 cm³/mol. The van der Waals surface area contributed by atoms with E-state index < -0.39 is 0 Å². The van der Waals surface area contributed by atoms with Gasteiger partial charge in [-0.25, -0.2) is 4.98 Å². The molecule has 3 heterocycles. The van der Waals surface area contributed by atoms with E-state index in [0.29, 0.717) is 11.7 Å². The highest BCUT2D eigenvalue weighted by Gasteiger charge is 2.17. The fourth-order valence-electron chi connectivity index (χ4n) is 2.06. The van der Waals surface area contributed by atoms with E-state index in [4.69, 9.17) is 4.74 Å². The van der Waals surface area contributed by atoms with Gasteiger partial charge in [0.05, 0.1) is 17.9 Å². The van der Waals surface area contributed by atoms with Crippen LogP contribution in [0.1, 0.15) is 29.5 Å². The van der Waals surface area contributed by atoms with Gasteiger partial charge in [-0.1, -0.05) is 0 Å². The van der Waals surface area contributed by atoms with Gasteiger partial charge in [-0.3, -0.25) is 14.6 Å². The molecule has 0 atom stereocenters. The Labute approximate surface area is 109 Å². The molecule has 1 saturated heterocycles. The second-order valence-corrected chi connectivity index (χ2v) is 4.34. The minimum Gasteiger partial charge on any atom is -0.381 e. The van der Waals surface area contributed by atoms with Gasteiger partial charge in [0.1, 0.15) is 6.33 Å². The molecular weight excluding hydrogens is 248 g/mol. The molecule has 8 heteroatoms. The highest BCUT2D eigenvalue weighted by molar-refractivity contribution is 6.01. The number of rotatable bonds is 3. The van der Waals surface area contributed by atoms with Crippen molar-refractivity contribution >= 4 is 11.6 Å². The van der Waals surface area contributed by atoms with Crippen LogP contribution in [0.5, 0.6) is 0 Å². The van der Waals surface area contributed by atoms with E-state index in [1.807, 2.05) is 10.9 Å². The first kappa shape index (κ1) is 11.8. The van der Waals surface area contributed by atoms with Crippen LogP contribution in [0.15, 0.2) is 18.7 Å². The molecule has 0 bridgehead atoms. The Morgan fingerprint density at radius 1 is 1.47 bits per heavy atom. The number of H-pyrrole nitrogens is 1. The first-order valence-corrected chi connectivity index (χ1v) is 6.11. The van der Waals surface area contributed by atoms with Crippen LogP contribution >= 0.6 is 0 Å². The Hall–Kier alpha value is -2.22. The fourth-order valence-corrected chi connectivity index (χ4v) is 2.06. The molecule has 0 aromatic carbocycles. The summed E-state index contributed by atoms with van der Waals surface area (Å²) in [6, 6.07) is 0.338. The van der Waals surface area contributed by atoms with Crippen LogP contribution < -0.4 is 5.32 Å². The van der Waals surface area contributed by atoms with Crippen LogP contribution in [0.2, 0.25) is 0 Å². The lowest BCUT2D eigenvalue weighted by atomic mass is 10.1. The zero-order valence-corrected chi connectivity index (χ0v) is 10.2. The number of hydrogen-bond acceptors (Lipinski definition) is 5. The number of carbonyl (C=O) groups excluding carboxylic acids is 1. The average Bonchev–Trinajstić information content (AvgIpc) is 3.11. The number of nitrogens with one attached hydrogen (secondary N) is 2. The monoisotopic (exact) mass is 262 g/mol. The molecule has 3 rings (SSSR count). The Bertz CT molecular complexity index is 543. The third-order valence-corrected chi connectivity index (χ3v) is 3.05. The Kier molecular flexibility index (Phi) is 3.23. The number of hydrogen-bond donors (Lipinski definition) is 2. The molecule has 19 heavy (non-hydrogen) atoms. The topological polar surface area (TPSA) is 97.7 Å². The highest BCUT2D eigenvalue weighted by Crippen LogP contribution is 2.21. The third-order valence-electron chi connectivity index (χ3n) is 3.05. The number of carbonyl (C=O) groups is 1. The van der Waals surface area contributed by atoms with Crippen molar-refractivity contribution in [1.82, 2.24) is 25.0 Å². The maximum Gasteiger partial charge on any atom is 0.293 e. The number of aromatic amines is 1. The van der Waals surface area contributed by atoms with E-state index >= 15 is 0 Å². The van der Waals surface area contributed by atoms with Gasteiger partial charge < -0.3 is 10.1 Å². The maximum atomic E-state index is 11.8. The van der Waals surface area contributed by atoms with E-state index in [9.17, 15) is 4.79 Å². The van der Waals surface area contributed by atoms with Crippen molar-refractivity contribution in [1.29, 1.82) is 0 Å². The summed E-state index contributed by atoms with van der Waals surface area (Å²) in [7, 11) is 0. The van der Waals surface area contributed by atoms with Crippen molar-refractivity contribution in [3.8, 4) is 0 Å². The third kappa shape index (κ3) is 2.63. The number of amides is 1. The summed E-state index contributed by atoms with van der Waals surface area (Å²) in [6.45, 7) is 1.51. The summed E-state index contributed by atoms with van der Waals surface area (Å²) < 4.78 is 7.18.